The second kappa shape index (κ2) is 14.3. The van der Waals surface area contributed by atoms with Gasteiger partial charge < -0.3 is 13.7 Å². The molecule has 0 spiro atoms. The second-order valence-corrected chi connectivity index (χ2v) is 15.6. The molecule has 0 fully saturated rings. The van der Waals surface area contributed by atoms with Gasteiger partial charge in [0.2, 0.25) is 0 Å². The number of hydrogen-bond acceptors (Lipinski definition) is 3. The highest BCUT2D eigenvalue weighted by Crippen LogP contribution is 2.45. The van der Waals surface area contributed by atoms with E-state index in [4.69, 9.17) is 8.83 Å². The molecule has 0 aliphatic rings. The number of nitrogens with zero attached hydrogens (tertiary/aromatic N) is 1. The third kappa shape index (κ3) is 5.98. The molecule has 61 heavy (non-hydrogen) atoms. The van der Waals surface area contributed by atoms with E-state index in [9.17, 15) is 0 Å². The molecule has 0 saturated carbocycles. The van der Waals surface area contributed by atoms with E-state index in [1.165, 1.54) is 27.5 Å². The van der Waals surface area contributed by atoms with Crippen molar-refractivity contribution in [3.05, 3.63) is 224 Å². The molecule has 286 valence electrons. The fraction of sp³-hybridized carbons (Fsp3) is 0. The largest absolute Gasteiger partial charge is 0.456 e. The van der Waals surface area contributed by atoms with Gasteiger partial charge in [-0.05, 0) is 105 Å². The quantitative estimate of drug-likeness (QED) is 0.161. The van der Waals surface area contributed by atoms with Crippen molar-refractivity contribution >= 4 is 71.7 Å². The molecule has 12 aromatic rings. The zero-order valence-electron chi connectivity index (χ0n) is 33.1. The van der Waals surface area contributed by atoms with Crippen LogP contribution in [0.4, 0.5) is 17.1 Å². The van der Waals surface area contributed by atoms with Crippen LogP contribution in [0.25, 0.3) is 99.2 Å². The van der Waals surface area contributed by atoms with Crippen molar-refractivity contribution < 1.29 is 8.83 Å². The predicted octanol–water partition coefficient (Wildman–Crippen LogP) is 16.8. The highest BCUT2D eigenvalue weighted by molar-refractivity contribution is 6.10. The molecule has 0 aliphatic heterocycles. The van der Waals surface area contributed by atoms with E-state index in [0.29, 0.717) is 0 Å². The van der Waals surface area contributed by atoms with Gasteiger partial charge in [0.05, 0.1) is 5.69 Å². The van der Waals surface area contributed by atoms with Gasteiger partial charge >= 0.3 is 0 Å². The minimum Gasteiger partial charge on any atom is -0.456 e. The fourth-order valence-corrected chi connectivity index (χ4v) is 9.15. The van der Waals surface area contributed by atoms with Gasteiger partial charge in [-0.1, -0.05) is 164 Å². The Hall–Kier alpha value is -8.14. The molecule has 0 N–H and O–H groups in total. The maximum absolute atomic E-state index is 6.47. The van der Waals surface area contributed by atoms with Crippen LogP contribution in [-0.2, 0) is 0 Å². The first kappa shape index (κ1) is 34.9. The number of para-hydroxylation sites is 4. The molecule has 0 amide bonds. The highest BCUT2D eigenvalue weighted by atomic mass is 16.3. The first-order chi connectivity index (χ1) is 30.2. The minimum absolute atomic E-state index is 0.882. The van der Waals surface area contributed by atoms with Crippen molar-refractivity contribution in [1.82, 2.24) is 0 Å². The summed E-state index contributed by atoms with van der Waals surface area (Å²) in [5, 5.41) is 6.93. The number of benzene rings is 10. The van der Waals surface area contributed by atoms with Gasteiger partial charge in [-0.3, -0.25) is 0 Å². The Morgan fingerprint density at radius 3 is 1.66 bits per heavy atom. The van der Waals surface area contributed by atoms with Crippen LogP contribution >= 0.6 is 0 Å². The minimum atomic E-state index is 0.882. The van der Waals surface area contributed by atoms with Gasteiger partial charge in [-0.2, -0.15) is 0 Å². The Morgan fingerprint density at radius 1 is 0.279 bits per heavy atom. The average Bonchev–Trinajstić information content (AvgIpc) is 3.90. The van der Waals surface area contributed by atoms with Crippen molar-refractivity contribution in [2.45, 2.75) is 0 Å². The lowest BCUT2D eigenvalue weighted by atomic mass is 9.93. The smallest absolute Gasteiger partial charge is 0.143 e. The molecule has 2 aromatic heterocycles. The Kier molecular flexibility index (Phi) is 8.17. The summed E-state index contributed by atoms with van der Waals surface area (Å²) >= 11 is 0. The van der Waals surface area contributed by atoms with E-state index in [1.54, 1.807) is 0 Å². The summed E-state index contributed by atoms with van der Waals surface area (Å²) in [6, 6.07) is 80.1. The lowest BCUT2D eigenvalue weighted by Crippen LogP contribution is -2.11. The Bertz CT molecular complexity index is 3610. The third-order valence-electron chi connectivity index (χ3n) is 12.1. The van der Waals surface area contributed by atoms with E-state index in [2.05, 4.69) is 205 Å². The Balaban J connectivity index is 1.02. The lowest BCUT2D eigenvalue weighted by Gasteiger charge is -2.28. The highest BCUT2D eigenvalue weighted by Gasteiger charge is 2.20. The molecule has 10 aromatic carbocycles. The summed E-state index contributed by atoms with van der Waals surface area (Å²) in [7, 11) is 0. The van der Waals surface area contributed by atoms with Gasteiger partial charge in [-0.15, -0.1) is 0 Å². The fourth-order valence-electron chi connectivity index (χ4n) is 9.15. The molecular weight excluding hydrogens is 743 g/mol. The first-order valence-corrected chi connectivity index (χ1v) is 20.7. The summed E-state index contributed by atoms with van der Waals surface area (Å²) in [6.07, 6.45) is 0. The van der Waals surface area contributed by atoms with E-state index in [1.807, 2.05) is 24.3 Å². The molecule has 0 aliphatic carbocycles. The van der Waals surface area contributed by atoms with Gasteiger partial charge in [0.1, 0.15) is 22.3 Å². The van der Waals surface area contributed by atoms with E-state index in [-0.39, 0.29) is 0 Å². The van der Waals surface area contributed by atoms with Crippen molar-refractivity contribution in [3.63, 3.8) is 0 Å². The van der Waals surface area contributed by atoms with Crippen molar-refractivity contribution in [1.29, 1.82) is 0 Å². The zero-order chi connectivity index (χ0) is 40.3. The number of rotatable bonds is 7. The van der Waals surface area contributed by atoms with Crippen molar-refractivity contribution in [2.24, 2.45) is 0 Å². The Morgan fingerprint density at radius 2 is 0.836 bits per heavy atom. The van der Waals surface area contributed by atoms with Crippen LogP contribution in [0.5, 0.6) is 0 Å². The summed E-state index contributed by atoms with van der Waals surface area (Å²) in [5.41, 5.74) is 15.9. The molecule has 0 radical (unpaired) electrons. The van der Waals surface area contributed by atoms with Crippen LogP contribution in [0.3, 0.4) is 0 Å². The summed E-state index contributed by atoms with van der Waals surface area (Å²) in [5.74, 6) is 0. The van der Waals surface area contributed by atoms with Crippen LogP contribution in [-0.4, -0.2) is 0 Å². The molecular formula is C58H37NO2. The number of fused-ring (bicyclic) bond motifs is 7. The summed E-state index contributed by atoms with van der Waals surface area (Å²) < 4.78 is 12.7. The van der Waals surface area contributed by atoms with Crippen molar-refractivity contribution in [2.75, 3.05) is 4.90 Å². The summed E-state index contributed by atoms with van der Waals surface area (Å²) in [6.45, 7) is 0. The SMILES string of the molecule is c1cc(-c2ccccc2-c2ccc3ccccc3c2)cc(N(c2ccc(-c3cccc4c3oc3ccccc34)cc2)c2ccccc2-c2ccc3oc4ccccc4c3c2)c1. The first-order valence-electron chi connectivity index (χ1n) is 20.7. The molecule has 0 unspecified atom stereocenters. The summed E-state index contributed by atoms with van der Waals surface area (Å²) in [4.78, 5) is 2.39. The maximum atomic E-state index is 6.47. The topological polar surface area (TPSA) is 29.5 Å². The maximum Gasteiger partial charge on any atom is 0.143 e. The third-order valence-corrected chi connectivity index (χ3v) is 12.1. The number of hydrogen-bond donors (Lipinski definition) is 0. The molecule has 2 heterocycles. The van der Waals surface area contributed by atoms with E-state index >= 15 is 0 Å². The molecule has 0 saturated heterocycles. The normalized spacial score (nSPS) is 11.6. The molecule has 12 rings (SSSR count). The number of anilines is 3. The van der Waals surface area contributed by atoms with Crippen LogP contribution in [0.15, 0.2) is 233 Å². The van der Waals surface area contributed by atoms with Gasteiger partial charge in [0, 0.05) is 44.0 Å². The second-order valence-electron chi connectivity index (χ2n) is 15.6. The van der Waals surface area contributed by atoms with Crippen LogP contribution in [0.2, 0.25) is 0 Å². The molecule has 3 nitrogen and oxygen atoms in total. The zero-order valence-corrected chi connectivity index (χ0v) is 33.1. The average molecular weight is 780 g/mol. The molecule has 3 heteroatoms. The van der Waals surface area contributed by atoms with Gasteiger partial charge in [0.15, 0.2) is 0 Å². The van der Waals surface area contributed by atoms with Crippen molar-refractivity contribution in [3.8, 4) is 44.5 Å². The van der Waals surface area contributed by atoms with E-state index < -0.39 is 0 Å². The van der Waals surface area contributed by atoms with Crippen LogP contribution in [0, 0.1) is 0 Å². The standard InChI is InChI=1S/C58H37NO2/c1-2-14-40-35-42(28-27-38(40)13-1)47-18-4-3-17-46(47)41-15-11-16-45(36-41)59(44-32-29-39(30-33-44)49-22-12-23-52-50-20-6-10-26-56(50)61-58(49)52)54-24-8-5-19-48(54)43-31-34-57-53(37-43)51-21-7-9-25-55(51)60-57/h1-37H. The monoisotopic (exact) mass is 779 g/mol. The van der Waals surface area contributed by atoms with E-state index in [0.717, 1.165) is 88.8 Å². The number of furan rings is 2. The van der Waals surface area contributed by atoms with Crippen LogP contribution in [0.1, 0.15) is 0 Å². The van der Waals surface area contributed by atoms with Gasteiger partial charge in [0.25, 0.3) is 0 Å². The Labute approximate surface area is 353 Å². The van der Waals surface area contributed by atoms with Gasteiger partial charge in [-0.25, -0.2) is 0 Å². The lowest BCUT2D eigenvalue weighted by molar-refractivity contribution is 0.669. The molecule has 0 bridgehead atoms. The van der Waals surface area contributed by atoms with Crippen LogP contribution < -0.4 is 4.90 Å². The molecule has 0 atom stereocenters. The predicted molar refractivity (Wildman–Crippen MR) is 255 cm³/mol.